The minimum atomic E-state index is -0.412. The zero-order valence-electron chi connectivity index (χ0n) is 9.84. The van der Waals surface area contributed by atoms with Gasteiger partial charge in [0, 0.05) is 11.8 Å². The van der Waals surface area contributed by atoms with Gasteiger partial charge in [-0.1, -0.05) is 19.3 Å². The summed E-state index contributed by atoms with van der Waals surface area (Å²) in [6.45, 7) is 0. The molecule has 1 aliphatic carbocycles. The van der Waals surface area contributed by atoms with Crippen LogP contribution in [-0.2, 0) is 4.79 Å². The van der Waals surface area contributed by atoms with Crippen LogP contribution in [0.5, 0.6) is 0 Å². The van der Waals surface area contributed by atoms with Gasteiger partial charge in [-0.25, -0.2) is 0 Å². The van der Waals surface area contributed by atoms with E-state index in [4.69, 9.17) is 5.73 Å². The first-order valence-electron chi connectivity index (χ1n) is 6.38. The second kappa shape index (κ2) is 5.41. The molecule has 1 aliphatic heterocycles. The maximum Gasteiger partial charge on any atom is 0.238 e. The highest BCUT2D eigenvalue weighted by Crippen LogP contribution is 2.29. The molecule has 0 radical (unpaired) electrons. The lowest BCUT2D eigenvalue weighted by Gasteiger charge is -2.39. The highest BCUT2D eigenvalue weighted by molar-refractivity contribution is 7.99. The third kappa shape index (κ3) is 2.72. The van der Waals surface area contributed by atoms with Crippen molar-refractivity contribution in [3.05, 3.63) is 0 Å². The van der Waals surface area contributed by atoms with Crippen molar-refractivity contribution < 1.29 is 4.79 Å². The first-order valence-corrected chi connectivity index (χ1v) is 7.54. The van der Waals surface area contributed by atoms with Crippen molar-refractivity contribution in [3.63, 3.8) is 0 Å². The van der Waals surface area contributed by atoms with Crippen LogP contribution in [0.3, 0.4) is 0 Å². The molecule has 0 aromatic carbocycles. The Bertz CT molecular complexity index is 245. The lowest BCUT2D eigenvalue weighted by atomic mass is 9.89. The fourth-order valence-electron chi connectivity index (χ4n) is 2.81. The molecule has 2 rings (SSSR count). The molecule has 2 aliphatic rings. The quantitative estimate of drug-likeness (QED) is 0.791. The zero-order valence-corrected chi connectivity index (χ0v) is 10.7. The third-order valence-electron chi connectivity index (χ3n) is 3.80. The number of rotatable bonds is 3. The zero-order chi connectivity index (χ0) is 11.4. The molecule has 0 aromatic heterocycles. The fourth-order valence-corrected chi connectivity index (χ4v) is 4.02. The van der Waals surface area contributed by atoms with Crippen LogP contribution in [0, 0.1) is 0 Å². The molecular formula is C12H22N2OS. The summed E-state index contributed by atoms with van der Waals surface area (Å²) in [4.78, 5) is 11.7. The Labute approximate surface area is 102 Å². The van der Waals surface area contributed by atoms with Gasteiger partial charge in [-0.2, -0.15) is 11.8 Å². The SMILES string of the molecule is NC(=O)C1(NC2CCCCC2)CCCSC1. The summed E-state index contributed by atoms with van der Waals surface area (Å²) in [6, 6.07) is 0.514. The molecule has 1 atom stereocenters. The Balaban J connectivity index is 1.98. The first-order chi connectivity index (χ1) is 7.73. The molecular weight excluding hydrogens is 220 g/mol. The van der Waals surface area contributed by atoms with E-state index in [1.807, 2.05) is 11.8 Å². The lowest BCUT2D eigenvalue weighted by molar-refractivity contribution is -0.124. The maximum atomic E-state index is 11.7. The predicted octanol–water partition coefficient (Wildman–Crippen LogP) is 1.66. The van der Waals surface area contributed by atoms with Crippen molar-refractivity contribution in [2.45, 2.75) is 56.5 Å². The van der Waals surface area contributed by atoms with Gasteiger partial charge in [-0.3, -0.25) is 10.1 Å². The number of thioether (sulfide) groups is 1. The minimum Gasteiger partial charge on any atom is -0.368 e. The summed E-state index contributed by atoms with van der Waals surface area (Å²) in [5.41, 5.74) is 5.19. The first kappa shape index (κ1) is 12.2. The highest BCUT2D eigenvalue weighted by atomic mass is 32.2. The van der Waals surface area contributed by atoms with Crippen LogP contribution >= 0.6 is 11.8 Å². The Hall–Kier alpha value is -0.220. The van der Waals surface area contributed by atoms with Gasteiger partial charge >= 0.3 is 0 Å². The molecule has 4 heteroatoms. The van der Waals surface area contributed by atoms with Crippen LogP contribution in [-0.4, -0.2) is 29.0 Å². The molecule has 92 valence electrons. The number of primary amides is 1. The second-order valence-corrected chi connectivity index (χ2v) is 6.19. The fraction of sp³-hybridized carbons (Fsp3) is 0.917. The van der Waals surface area contributed by atoms with E-state index in [0.717, 1.165) is 18.6 Å². The number of hydrogen-bond acceptors (Lipinski definition) is 3. The highest BCUT2D eigenvalue weighted by Gasteiger charge is 2.39. The molecule has 0 bridgehead atoms. The van der Waals surface area contributed by atoms with Crippen molar-refractivity contribution in [2.75, 3.05) is 11.5 Å². The number of hydrogen-bond donors (Lipinski definition) is 2. The number of nitrogens with two attached hydrogens (primary N) is 1. The summed E-state index contributed by atoms with van der Waals surface area (Å²) in [5, 5.41) is 3.58. The normalized spacial score (nSPS) is 32.5. The van der Waals surface area contributed by atoms with E-state index >= 15 is 0 Å². The van der Waals surface area contributed by atoms with Crippen molar-refractivity contribution in [2.24, 2.45) is 5.73 Å². The predicted molar refractivity (Wildman–Crippen MR) is 68.5 cm³/mol. The van der Waals surface area contributed by atoms with Gasteiger partial charge in [0.2, 0.25) is 5.91 Å². The van der Waals surface area contributed by atoms with Crippen molar-refractivity contribution in [1.82, 2.24) is 5.32 Å². The van der Waals surface area contributed by atoms with E-state index in [-0.39, 0.29) is 5.91 Å². The van der Waals surface area contributed by atoms with Crippen LogP contribution in [0.25, 0.3) is 0 Å². The van der Waals surface area contributed by atoms with Crippen molar-refractivity contribution >= 4 is 17.7 Å². The van der Waals surface area contributed by atoms with Gasteiger partial charge < -0.3 is 5.73 Å². The molecule has 1 saturated heterocycles. The Kier molecular flexibility index (Phi) is 4.14. The van der Waals surface area contributed by atoms with Crippen LogP contribution in [0.1, 0.15) is 44.9 Å². The lowest BCUT2D eigenvalue weighted by Crippen LogP contribution is -2.61. The number of nitrogens with one attached hydrogen (secondary N) is 1. The van der Waals surface area contributed by atoms with E-state index in [1.54, 1.807) is 0 Å². The third-order valence-corrected chi connectivity index (χ3v) is 5.07. The molecule has 3 nitrogen and oxygen atoms in total. The van der Waals surface area contributed by atoms with E-state index < -0.39 is 5.54 Å². The van der Waals surface area contributed by atoms with E-state index in [1.165, 1.54) is 37.9 Å². The largest absolute Gasteiger partial charge is 0.368 e. The monoisotopic (exact) mass is 242 g/mol. The standard InChI is InChI=1S/C12H22N2OS/c13-11(15)12(7-4-8-16-9-12)14-10-5-2-1-3-6-10/h10,14H,1-9H2,(H2,13,15). The number of amides is 1. The maximum absolute atomic E-state index is 11.7. The van der Waals surface area contributed by atoms with Gasteiger partial charge in [-0.05, 0) is 31.4 Å². The van der Waals surface area contributed by atoms with Gasteiger partial charge in [0.15, 0.2) is 0 Å². The molecule has 0 aromatic rings. The molecule has 2 fully saturated rings. The molecule has 1 saturated carbocycles. The topological polar surface area (TPSA) is 55.1 Å². The summed E-state index contributed by atoms with van der Waals surface area (Å²) < 4.78 is 0. The van der Waals surface area contributed by atoms with Crippen LogP contribution in [0.4, 0.5) is 0 Å². The smallest absolute Gasteiger partial charge is 0.238 e. The molecule has 0 spiro atoms. The summed E-state index contributed by atoms with van der Waals surface area (Å²) in [6.07, 6.45) is 8.37. The molecule has 3 N–H and O–H groups in total. The van der Waals surface area contributed by atoms with Crippen molar-refractivity contribution in [1.29, 1.82) is 0 Å². The van der Waals surface area contributed by atoms with Crippen LogP contribution < -0.4 is 11.1 Å². The van der Waals surface area contributed by atoms with Gasteiger partial charge in [0.25, 0.3) is 0 Å². The van der Waals surface area contributed by atoms with Gasteiger partial charge in [0.1, 0.15) is 5.54 Å². The summed E-state index contributed by atoms with van der Waals surface area (Å²) in [7, 11) is 0. The Morgan fingerprint density at radius 1 is 1.25 bits per heavy atom. The van der Waals surface area contributed by atoms with E-state index in [0.29, 0.717) is 6.04 Å². The molecule has 1 heterocycles. The van der Waals surface area contributed by atoms with Crippen LogP contribution in [0.15, 0.2) is 0 Å². The Morgan fingerprint density at radius 2 is 2.00 bits per heavy atom. The average molecular weight is 242 g/mol. The van der Waals surface area contributed by atoms with Gasteiger partial charge in [-0.15, -0.1) is 0 Å². The molecule has 1 unspecified atom stereocenters. The Morgan fingerprint density at radius 3 is 2.56 bits per heavy atom. The molecule has 16 heavy (non-hydrogen) atoms. The number of carbonyl (C=O) groups is 1. The number of carbonyl (C=O) groups excluding carboxylic acids is 1. The molecule has 1 amide bonds. The minimum absolute atomic E-state index is 0.148. The summed E-state index contributed by atoms with van der Waals surface area (Å²) in [5.74, 6) is 1.88. The van der Waals surface area contributed by atoms with Gasteiger partial charge in [0.05, 0.1) is 0 Å². The van der Waals surface area contributed by atoms with E-state index in [9.17, 15) is 4.79 Å². The van der Waals surface area contributed by atoms with E-state index in [2.05, 4.69) is 5.32 Å². The average Bonchev–Trinajstić information content (AvgIpc) is 2.31. The summed E-state index contributed by atoms with van der Waals surface area (Å²) >= 11 is 1.86. The van der Waals surface area contributed by atoms with Crippen LogP contribution in [0.2, 0.25) is 0 Å². The second-order valence-electron chi connectivity index (χ2n) is 5.08. The van der Waals surface area contributed by atoms with Crippen molar-refractivity contribution in [3.8, 4) is 0 Å².